The number of aromatic nitrogens is 4. The molecule has 0 aliphatic heterocycles. The predicted octanol–water partition coefficient (Wildman–Crippen LogP) is 4.35. The first-order valence-corrected chi connectivity index (χ1v) is 10.7. The number of amides is 1. The molecule has 0 radical (unpaired) electrons. The number of H-pyrrole nitrogens is 1. The van der Waals surface area contributed by atoms with Crippen LogP contribution in [0.5, 0.6) is 5.75 Å². The van der Waals surface area contributed by atoms with Crippen molar-refractivity contribution in [3.8, 4) is 17.3 Å². The monoisotopic (exact) mass is 445 g/mol. The average molecular weight is 445 g/mol. The van der Waals surface area contributed by atoms with Gasteiger partial charge in [-0.1, -0.05) is 38.0 Å². The van der Waals surface area contributed by atoms with Crippen molar-refractivity contribution in [1.29, 1.82) is 0 Å². The molecule has 0 atom stereocenters. The first kappa shape index (κ1) is 21.9. The molecule has 33 heavy (non-hydrogen) atoms. The summed E-state index contributed by atoms with van der Waals surface area (Å²) in [4.78, 5) is 25.3. The quantitative estimate of drug-likeness (QED) is 0.290. The number of ether oxygens (including phenoxy) is 1. The predicted molar refractivity (Wildman–Crippen MR) is 124 cm³/mol. The average Bonchev–Trinajstić information content (AvgIpc) is 3.37. The van der Waals surface area contributed by atoms with Gasteiger partial charge in [0.2, 0.25) is 5.82 Å². The summed E-state index contributed by atoms with van der Waals surface area (Å²) in [5.74, 6) is 0.618. The van der Waals surface area contributed by atoms with Crippen LogP contribution >= 0.6 is 0 Å². The summed E-state index contributed by atoms with van der Waals surface area (Å²) in [6.45, 7) is 2.64. The number of tetrazole rings is 1. The van der Waals surface area contributed by atoms with Crippen molar-refractivity contribution in [2.45, 2.75) is 26.2 Å². The van der Waals surface area contributed by atoms with E-state index in [2.05, 4.69) is 38.9 Å². The molecular weight excluding hydrogens is 422 g/mol. The van der Waals surface area contributed by atoms with Gasteiger partial charge in [0, 0.05) is 11.6 Å². The van der Waals surface area contributed by atoms with Gasteiger partial charge in [0.15, 0.2) is 16.8 Å². The normalized spacial score (nSPS) is 11.2. The number of anilines is 1. The van der Waals surface area contributed by atoms with E-state index in [-0.39, 0.29) is 28.5 Å². The molecule has 4 aromatic rings. The zero-order chi connectivity index (χ0) is 23.0. The topological polar surface area (TPSA) is 123 Å². The molecule has 9 nitrogen and oxygen atoms in total. The minimum atomic E-state index is -0.346. The number of benzene rings is 2. The maximum Gasteiger partial charge on any atom is 0.255 e. The number of carbonyl (C=O) groups excluding carboxylic acids is 1. The number of rotatable bonds is 9. The third-order valence-corrected chi connectivity index (χ3v) is 4.92. The molecule has 0 fully saturated rings. The van der Waals surface area contributed by atoms with Crippen molar-refractivity contribution in [1.82, 2.24) is 20.6 Å². The summed E-state index contributed by atoms with van der Waals surface area (Å²) in [5.41, 5.74) is 0.748. The van der Waals surface area contributed by atoms with E-state index >= 15 is 0 Å². The summed E-state index contributed by atoms with van der Waals surface area (Å²) in [5, 5.41) is 16.6. The summed E-state index contributed by atoms with van der Waals surface area (Å²) >= 11 is 0. The highest BCUT2D eigenvalue weighted by atomic mass is 16.5. The fourth-order valence-electron chi connectivity index (χ4n) is 3.20. The first-order valence-electron chi connectivity index (χ1n) is 10.7. The molecule has 2 aromatic heterocycles. The second-order valence-electron chi connectivity index (χ2n) is 7.30. The van der Waals surface area contributed by atoms with E-state index in [1.165, 1.54) is 18.9 Å². The molecule has 2 N–H and O–H groups in total. The molecule has 168 valence electrons. The molecule has 0 aliphatic rings. The van der Waals surface area contributed by atoms with E-state index in [0.29, 0.717) is 29.0 Å². The Morgan fingerprint density at radius 1 is 1.18 bits per heavy atom. The van der Waals surface area contributed by atoms with Gasteiger partial charge >= 0.3 is 0 Å². The van der Waals surface area contributed by atoms with Crippen molar-refractivity contribution < 1.29 is 13.9 Å². The van der Waals surface area contributed by atoms with E-state index in [0.717, 1.165) is 6.42 Å². The second kappa shape index (κ2) is 10.4. The van der Waals surface area contributed by atoms with Crippen LogP contribution in [0.3, 0.4) is 0 Å². The zero-order valence-corrected chi connectivity index (χ0v) is 18.1. The van der Waals surface area contributed by atoms with E-state index in [9.17, 15) is 9.59 Å². The maximum absolute atomic E-state index is 12.8. The minimum Gasteiger partial charge on any atom is -0.490 e. The SMILES string of the molecule is CCCCC=CCOc1ccc(C(=O)Nc2cccc3c(=O)cc(-c4nn[nH]n4)oc23)cc1. The molecule has 0 saturated heterocycles. The lowest BCUT2D eigenvalue weighted by atomic mass is 10.1. The smallest absolute Gasteiger partial charge is 0.255 e. The molecule has 0 saturated carbocycles. The minimum absolute atomic E-state index is 0.144. The van der Waals surface area contributed by atoms with E-state index < -0.39 is 0 Å². The largest absolute Gasteiger partial charge is 0.490 e. The van der Waals surface area contributed by atoms with Crippen molar-refractivity contribution in [3.05, 3.63) is 76.5 Å². The Morgan fingerprint density at radius 2 is 2.03 bits per heavy atom. The summed E-state index contributed by atoms with van der Waals surface area (Å²) in [6, 6.07) is 13.1. The van der Waals surface area contributed by atoms with Gasteiger partial charge in [-0.3, -0.25) is 9.59 Å². The van der Waals surface area contributed by atoms with Crippen molar-refractivity contribution in [3.63, 3.8) is 0 Å². The standard InChI is InChI=1S/C24H23N5O4/c1-2-3-4-5-6-14-32-17-12-10-16(11-13-17)24(31)25-19-9-7-8-18-20(30)15-21(33-22(18)19)23-26-28-29-27-23/h5-13,15H,2-4,14H2,1H3,(H,25,31)(H,26,27,28,29). The summed E-state index contributed by atoms with van der Waals surface area (Å²) < 4.78 is 11.5. The molecule has 2 heterocycles. The summed E-state index contributed by atoms with van der Waals surface area (Å²) in [7, 11) is 0. The highest BCUT2D eigenvalue weighted by Gasteiger charge is 2.15. The molecular formula is C24H23N5O4. The Balaban J connectivity index is 1.48. The highest BCUT2D eigenvalue weighted by molar-refractivity contribution is 6.08. The zero-order valence-electron chi connectivity index (χ0n) is 18.1. The van der Waals surface area contributed by atoms with Gasteiger partial charge in [-0.25, -0.2) is 0 Å². The molecule has 0 spiro atoms. The van der Waals surface area contributed by atoms with Crippen LogP contribution in [0.15, 0.2) is 69.9 Å². The Morgan fingerprint density at radius 3 is 2.79 bits per heavy atom. The fraction of sp³-hybridized carbons (Fsp3) is 0.208. The lowest BCUT2D eigenvalue weighted by molar-refractivity contribution is 0.102. The van der Waals surface area contributed by atoms with Gasteiger partial charge in [-0.15, -0.1) is 10.2 Å². The van der Waals surface area contributed by atoms with Gasteiger partial charge in [0.1, 0.15) is 12.4 Å². The number of carbonyl (C=O) groups is 1. The fourth-order valence-corrected chi connectivity index (χ4v) is 3.20. The van der Waals surface area contributed by atoms with Crippen LogP contribution < -0.4 is 15.5 Å². The summed E-state index contributed by atoms with van der Waals surface area (Å²) in [6.07, 6.45) is 7.48. The number of para-hydroxylation sites is 1. The molecule has 0 bridgehead atoms. The second-order valence-corrected chi connectivity index (χ2v) is 7.30. The van der Waals surface area contributed by atoms with Crippen LogP contribution in [-0.4, -0.2) is 33.1 Å². The number of nitrogens with one attached hydrogen (secondary N) is 2. The molecule has 0 aliphatic carbocycles. The Hall–Kier alpha value is -4.27. The molecule has 4 rings (SSSR count). The van der Waals surface area contributed by atoms with E-state index in [1.807, 2.05) is 6.08 Å². The van der Waals surface area contributed by atoms with Gasteiger partial charge in [-0.2, -0.15) is 5.21 Å². The third kappa shape index (κ3) is 5.32. The Kier molecular flexibility index (Phi) is 6.89. The number of nitrogens with zero attached hydrogens (tertiary/aromatic N) is 3. The molecule has 2 aromatic carbocycles. The van der Waals surface area contributed by atoms with Crippen molar-refractivity contribution in [2.75, 3.05) is 11.9 Å². The van der Waals surface area contributed by atoms with Gasteiger partial charge in [0.25, 0.3) is 5.91 Å². The first-order chi connectivity index (χ1) is 16.2. The van der Waals surface area contributed by atoms with E-state index in [4.69, 9.17) is 9.15 Å². The van der Waals surface area contributed by atoms with Crippen LogP contribution in [0.2, 0.25) is 0 Å². The lowest BCUT2D eigenvalue weighted by Crippen LogP contribution is -2.13. The van der Waals surface area contributed by atoms with Crippen LogP contribution in [0.1, 0.15) is 36.5 Å². The number of hydrogen-bond donors (Lipinski definition) is 2. The van der Waals surface area contributed by atoms with Crippen LogP contribution in [0.25, 0.3) is 22.6 Å². The third-order valence-electron chi connectivity index (χ3n) is 4.92. The number of unbranched alkanes of at least 4 members (excludes halogenated alkanes) is 2. The number of aromatic amines is 1. The molecule has 1 amide bonds. The van der Waals surface area contributed by atoms with Crippen LogP contribution in [-0.2, 0) is 0 Å². The maximum atomic E-state index is 12.8. The number of fused-ring (bicyclic) bond motifs is 1. The van der Waals surface area contributed by atoms with Crippen molar-refractivity contribution in [2.24, 2.45) is 0 Å². The number of hydrogen-bond acceptors (Lipinski definition) is 7. The highest BCUT2D eigenvalue weighted by Crippen LogP contribution is 2.26. The molecule has 9 heteroatoms. The Labute approximate surface area is 189 Å². The lowest BCUT2D eigenvalue weighted by Gasteiger charge is -2.09. The van der Waals surface area contributed by atoms with Gasteiger partial charge in [-0.05, 0) is 48.0 Å². The van der Waals surface area contributed by atoms with Crippen molar-refractivity contribution >= 4 is 22.6 Å². The molecule has 0 unspecified atom stereocenters. The van der Waals surface area contributed by atoms with E-state index in [1.54, 1.807) is 42.5 Å². The van der Waals surface area contributed by atoms with Gasteiger partial charge < -0.3 is 14.5 Å². The van der Waals surface area contributed by atoms with Crippen LogP contribution in [0.4, 0.5) is 5.69 Å². The van der Waals surface area contributed by atoms with Crippen LogP contribution in [0, 0.1) is 0 Å². The Bertz CT molecular complexity index is 1310. The van der Waals surface area contributed by atoms with Gasteiger partial charge in [0.05, 0.1) is 11.1 Å². The number of allylic oxidation sites excluding steroid dienone is 1.